The Morgan fingerprint density at radius 3 is 2.30 bits per heavy atom. The Bertz CT molecular complexity index is 282. The lowest BCUT2D eigenvalue weighted by molar-refractivity contribution is -0.120. The largest absolute Gasteiger partial charge is 0.369 e. The number of amides is 1. The highest BCUT2D eigenvalue weighted by Crippen LogP contribution is 2.22. The van der Waals surface area contributed by atoms with Crippen molar-refractivity contribution in [1.82, 2.24) is 0 Å². The van der Waals surface area contributed by atoms with Crippen molar-refractivity contribution < 1.29 is 13.2 Å². The summed E-state index contributed by atoms with van der Waals surface area (Å²) in [6.45, 7) is 0. The topological polar surface area (TPSA) is 77.2 Å². The van der Waals surface area contributed by atoms with Gasteiger partial charge in [0.15, 0.2) is 0 Å². The second-order valence-electron chi connectivity index (χ2n) is 2.19. The molecule has 10 heavy (non-hydrogen) atoms. The van der Waals surface area contributed by atoms with Crippen LogP contribution in [0.3, 0.4) is 0 Å². The van der Waals surface area contributed by atoms with E-state index in [4.69, 9.17) is 5.73 Å². The van der Waals surface area contributed by atoms with Crippen molar-refractivity contribution in [2.45, 2.75) is 12.8 Å². The Morgan fingerprint density at radius 1 is 1.60 bits per heavy atom. The van der Waals surface area contributed by atoms with Crippen LogP contribution in [0, 0.1) is 5.92 Å². The van der Waals surface area contributed by atoms with Crippen LogP contribution in [0.1, 0.15) is 12.8 Å². The van der Waals surface area contributed by atoms with Gasteiger partial charge in [0.25, 0.3) is 0 Å². The third-order valence-electron chi connectivity index (χ3n) is 1.63. The second kappa shape index (κ2) is 2.42. The molecule has 0 radical (unpaired) electrons. The van der Waals surface area contributed by atoms with Gasteiger partial charge < -0.3 is 5.73 Å². The van der Waals surface area contributed by atoms with E-state index < -0.39 is 22.1 Å². The number of hydrogen-bond acceptors (Lipinski definition) is 3. The van der Waals surface area contributed by atoms with Crippen molar-refractivity contribution in [2.75, 3.05) is 0 Å². The molecule has 0 aliphatic heterocycles. The minimum atomic E-state index is -2.21. The first kappa shape index (κ1) is 7.27. The van der Waals surface area contributed by atoms with Crippen LogP contribution in [-0.2, 0) is 15.1 Å². The van der Waals surface area contributed by atoms with E-state index in [0.717, 1.165) is 0 Å². The van der Waals surface area contributed by atoms with E-state index >= 15 is 0 Å². The molecule has 0 aromatic carbocycles. The van der Waals surface area contributed by atoms with E-state index in [2.05, 4.69) is 0 Å². The Balaban J connectivity index is 2.90. The molecule has 0 aromatic rings. The Labute approximate surface area is 59.6 Å². The van der Waals surface area contributed by atoms with E-state index in [1.165, 1.54) is 0 Å². The second-order valence-corrected chi connectivity index (χ2v) is 3.19. The van der Waals surface area contributed by atoms with Crippen LogP contribution in [0.5, 0.6) is 0 Å². The molecule has 0 saturated heterocycles. The molecule has 0 spiro atoms. The van der Waals surface area contributed by atoms with Crippen LogP contribution in [0.2, 0.25) is 0 Å². The highest BCUT2D eigenvalue weighted by Gasteiger charge is 2.31. The summed E-state index contributed by atoms with van der Waals surface area (Å²) in [5.74, 6) is -1.05. The maximum Gasteiger partial charge on any atom is 0.225 e. The molecule has 1 aliphatic rings. The van der Waals surface area contributed by atoms with Gasteiger partial charge in [0.05, 0.1) is 10.8 Å². The monoisotopic (exact) mass is 161 g/mol. The van der Waals surface area contributed by atoms with E-state index in [9.17, 15) is 13.2 Å². The molecule has 0 aromatic heterocycles. The fourth-order valence-electron chi connectivity index (χ4n) is 0.907. The Kier molecular flexibility index (Phi) is 1.76. The summed E-state index contributed by atoms with van der Waals surface area (Å²) in [5, 5.41) is 0. The third-order valence-corrected chi connectivity index (χ3v) is 2.54. The first-order valence-electron chi connectivity index (χ1n) is 2.87. The molecule has 2 N–H and O–H groups in total. The SMILES string of the molecule is NC(=O)C1CCC1=S(=O)=O. The standard InChI is InChI=1S/C5H7NO3S/c6-5(7)3-1-2-4(3)10(8)9/h3H,1-2H2,(H2,6,7). The average Bonchev–Trinajstić information content (AvgIpc) is 1.56. The third kappa shape index (κ3) is 1.04. The van der Waals surface area contributed by atoms with Crippen LogP contribution in [-0.4, -0.2) is 19.2 Å². The highest BCUT2D eigenvalue weighted by atomic mass is 32.2. The summed E-state index contributed by atoms with van der Waals surface area (Å²) in [6.07, 6.45) is 1.07. The van der Waals surface area contributed by atoms with Crippen molar-refractivity contribution in [1.29, 1.82) is 0 Å². The molecule has 0 heterocycles. The molecule has 1 aliphatic carbocycles. The van der Waals surface area contributed by atoms with Crippen LogP contribution < -0.4 is 5.73 Å². The maximum absolute atomic E-state index is 10.4. The van der Waals surface area contributed by atoms with Gasteiger partial charge in [-0.25, -0.2) is 0 Å². The Hall–Kier alpha value is -0.840. The van der Waals surface area contributed by atoms with Gasteiger partial charge in [-0.15, -0.1) is 0 Å². The Morgan fingerprint density at radius 2 is 2.20 bits per heavy atom. The summed E-state index contributed by atoms with van der Waals surface area (Å²) >= 11 is 0. The van der Waals surface area contributed by atoms with Crippen LogP contribution in [0.15, 0.2) is 0 Å². The molecule has 4 nitrogen and oxygen atoms in total. The first-order valence-corrected chi connectivity index (χ1v) is 3.94. The van der Waals surface area contributed by atoms with Gasteiger partial charge in [0, 0.05) is 0 Å². The van der Waals surface area contributed by atoms with Crippen molar-refractivity contribution >= 4 is 21.1 Å². The van der Waals surface area contributed by atoms with Crippen LogP contribution >= 0.6 is 0 Å². The lowest BCUT2D eigenvalue weighted by Crippen LogP contribution is -2.38. The number of carbonyl (C=O) groups is 1. The highest BCUT2D eigenvalue weighted by molar-refractivity contribution is 7.73. The fourth-order valence-corrected chi connectivity index (χ4v) is 1.66. The van der Waals surface area contributed by atoms with Gasteiger partial charge in [-0.05, 0) is 12.8 Å². The van der Waals surface area contributed by atoms with Gasteiger partial charge >= 0.3 is 0 Å². The van der Waals surface area contributed by atoms with Crippen molar-refractivity contribution in [3.63, 3.8) is 0 Å². The summed E-state index contributed by atoms with van der Waals surface area (Å²) in [5.41, 5.74) is 4.89. The lowest BCUT2D eigenvalue weighted by atomic mass is 9.85. The molecule has 1 atom stereocenters. The molecule has 1 rings (SSSR count). The molecule has 1 unspecified atom stereocenters. The first-order chi connectivity index (χ1) is 4.63. The minimum Gasteiger partial charge on any atom is -0.369 e. The summed E-state index contributed by atoms with van der Waals surface area (Å²) < 4.78 is 20.5. The number of hydrogen-bond donors (Lipinski definition) is 1. The normalized spacial score (nSPS) is 23.6. The zero-order chi connectivity index (χ0) is 7.72. The number of rotatable bonds is 1. The van der Waals surface area contributed by atoms with Gasteiger partial charge in [0.2, 0.25) is 16.2 Å². The van der Waals surface area contributed by atoms with Crippen LogP contribution in [0.4, 0.5) is 0 Å². The molecule has 5 heteroatoms. The zero-order valence-corrected chi connectivity index (χ0v) is 6.02. The summed E-state index contributed by atoms with van der Waals surface area (Å²) in [4.78, 5) is 10.7. The molecular formula is C5H7NO3S. The van der Waals surface area contributed by atoms with Crippen LogP contribution in [0.25, 0.3) is 0 Å². The zero-order valence-electron chi connectivity index (χ0n) is 5.20. The quantitative estimate of drug-likeness (QED) is 0.497. The van der Waals surface area contributed by atoms with Crippen molar-refractivity contribution in [2.24, 2.45) is 11.7 Å². The van der Waals surface area contributed by atoms with Crippen molar-refractivity contribution in [3.05, 3.63) is 0 Å². The number of primary amides is 1. The van der Waals surface area contributed by atoms with Crippen molar-refractivity contribution in [3.8, 4) is 0 Å². The smallest absolute Gasteiger partial charge is 0.225 e. The van der Waals surface area contributed by atoms with Gasteiger partial charge in [0.1, 0.15) is 0 Å². The number of nitrogens with two attached hydrogens (primary N) is 1. The van der Waals surface area contributed by atoms with Gasteiger partial charge in [-0.2, -0.15) is 8.42 Å². The fraction of sp³-hybridized carbons (Fsp3) is 0.600. The molecule has 56 valence electrons. The van der Waals surface area contributed by atoms with E-state index in [-0.39, 0.29) is 4.86 Å². The summed E-state index contributed by atoms with van der Waals surface area (Å²) in [7, 11) is -2.21. The predicted octanol–water partition coefficient (Wildman–Crippen LogP) is -1.07. The lowest BCUT2D eigenvalue weighted by Gasteiger charge is -2.21. The average molecular weight is 161 g/mol. The number of carbonyl (C=O) groups excluding carboxylic acids is 1. The molecular weight excluding hydrogens is 154 g/mol. The van der Waals surface area contributed by atoms with Gasteiger partial charge in [-0.1, -0.05) is 0 Å². The minimum absolute atomic E-state index is 0.257. The van der Waals surface area contributed by atoms with E-state index in [1.807, 2.05) is 0 Å². The molecule has 0 bridgehead atoms. The molecule has 1 saturated carbocycles. The molecule has 1 fully saturated rings. The predicted molar refractivity (Wildman–Crippen MR) is 35.8 cm³/mol. The van der Waals surface area contributed by atoms with Gasteiger partial charge in [-0.3, -0.25) is 4.79 Å². The van der Waals surface area contributed by atoms with E-state index in [0.29, 0.717) is 12.8 Å². The van der Waals surface area contributed by atoms with E-state index in [1.54, 1.807) is 0 Å². The molecule has 1 amide bonds. The summed E-state index contributed by atoms with van der Waals surface area (Å²) in [6, 6.07) is 0. The maximum atomic E-state index is 10.4.